The SMILES string of the molecule is CC(N)C(=O)NCC(=O)Oc1ccc([N+](=O)[O-])cc1. The van der Waals surface area contributed by atoms with E-state index in [0.717, 1.165) is 0 Å². The van der Waals surface area contributed by atoms with Crippen LogP contribution in [0.25, 0.3) is 0 Å². The zero-order valence-electron chi connectivity index (χ0n) is 10.2. The molecule has 3 N–H and O–H groups in total. The fraction of sp³-hybridized carbons (Fsp3) is 0.273. The first-order chi connectivity index (χ1) is 8.90. The summed E-state index contributed by atoms with van der Waals surface area (Å²) in [5, 5.41) is 12.7. The summed E-state index contributed by atoms with van der Waals surface area (Å²) in [6, 6.07) is 4.30. The number of esters is 1. The van der Waals surface area contributed by atoms with Gasteiger partial charge in [0.1, 0.15) is 12.3 Å². The molecule has 0 radical (unpaired) electrons. The number of ether oxygens (including phenoxy) is 1. The van der Waals surface area contributed by atoms with E-state index in [1.54, 1.807) is 0 Å². The van der Waals surface area contributed by atoms with Crippen LogP contribution >= 0.6 is 0 Å². The number of hydrogen-bond acceptors (Lipinski definition) is 6. The molecule has 0 aromatic heterocycles. The predicted octanol–water partition coefficient (Wildman–Crippen LogP) is -0.0364. The third-order valence-corrected chi connectivity index (χ3v) is 2.10. The number of benzene rings is 1. The highest BCUT2D eigenvalue weighted by Crippen LogP contribution is 2.17. The minimum atomic E-state index is -0.716. The Hall–Kier alpha value is -2.48. The monoisotopic (exact) mass is 267 g/mol. The number of amides is 1. The molecule has 0 saturated carbocycles. The Morgan fingerprint density at radius 3 is 2.47 bits per heavy atom. The van der Waals surface area contributed by atoms with E-state index in [1.807, 2.05) is 0 Å². The second-order valence-electron chi connectivity index (χ2n) is 3.73. The maximum absolute atomic E-state index is 11.3. The lowest BCUT2D eigenvalue weighted by Crippen LogP contribution is -2.41. The fourth-order valence-electron chi connectivity index (χ4n) is 1.12. The van der Waals surface area contributed by atoms with Crippen molar-refractivity contribution in [1.29, 1.82) is 0 Å². The van der Waals surface area contributed by atoms with Crippen LogP contribution in [0.2, 0.25) is 0 Å². The number of non-ortho nitro benzene ring substituents is 1. The highest BCUT2D eigenvalue weighted by Gasteiger charge is 2.11. The molecule has 1 rings (SSSR count). The summed E-state index contributed by atoms with van der Waals surface area (Å²) in [5.41, 5.74) is 5.19. The number of nitrogens with zero attached hydrogens (tertiary/aromatic N) is 1. The van der Waals surface area contributed by atoms with E-state index in [0.29, 0.717) is 0 Å². The Morgan fingerprint density at radius 1 is 1.42 bits per heavy atom. The molecule has 0 aliphatic heterocycles. The van der Waals surface area contributed by atoms with Crippen LogP contribution in [0.3, 0.4) is 0 Å². The van der Waals surface area contributed by atoms with E-state index in [-0.39, 0.29) is 18.0 Å². The predicted molar refractivity (Wildman–Crippen MR) is 65.4 cm³/mol. The topological polar surface area (TPSA) is 125 Å². The molecule has 0 aliphatic carbocycles. The van der Waals surface area contributed by atoms with Gasteiger partial charge in [-0.1, -0.05) is 0 Å². The number of nitro benzene ring substituents is 1. The second kappa shape index (κ2) is 6.45. The first-order valence-electron chi connectivity index (χ1n) is 5.38. The summed E-state index contributed by atoms with van der Waals surface area (Å²) < 4.78 is 4.86. The van der Waals surface area contributed by atoms with Gasteiger partial charge in [-0.05, 0) is 19.1 Å². The van der Waals surface area contributed by atoms with Crippen molar-refractivity contribution in [2.75, 3.05) is 6.54 Å². The molecular weight excluding hydrogens is 254 g/mol. The molecule has 1 aromatic rings. The average Bonchev–Trinajstić information content (AvgIpc) is 2.36. The molecule has 19 heavy (non-hydrogen) atoms. The standard InChI is InChI=1S/C11H13N3O5/c1-7(12)11(16)13-6-10(15)19-9-4-2-8(3-5-9)14(17)18/h2-5,7H,6,12H2,1H3,(H,13,16). The minimum absolute atomic E-state index is 0.106. The van der Waals surface area contributed by atoms with Gasteiger partial charge < -0.3 is 15.8 Å². The van der Waals surface area contributed by atoms with Crippen LogP contribution in [-0.4, -0.2) is 29.4 Å². The smallest absolute Gasteiger partial charge is 0.330 e. The third-order valence-electron chi connectivity index (χ3n) is 2.10. The van der Waals surface area contributed by atoms with Gasteiger partial charge in [0, 0.05) is 12.1 Å². The van der Waals surface area contributed by atoms with Crippen molar-refractivity contribution >= 4 is 17.6 Å². The van der Waals surface area contributed by atoms with Gasteiger partial charge in [-0.2, -0.15) is 0 Å². The lowest BCUT2D eigenvalue weighted by atomic mass is 10.3. The quantitative estimate of drug-likeness (QED) is 0.334. The molecule has 1 aromatic carbocycles. The second-order valence-corrected chi connectivity index (χ2v) is 3.73. The van der Waals surface area contributed by atoms with Gasteiger partial charge >= 0.3 is 5.97 Å². The first kappa shape index (κ1) is 14.6. The molecule has 8 nitrogen and oxygen atoms in total. The Balaban J connectivity index is 2.48. The Kier molecular flexibility index (Phi) is 4.95. The van der Waals surface area contributed by atoms with Crippen molar-refractivity contribution in [2.24, 2.45) is 5.73 Å². The van der Waals surface area contributed by atoms with Gasteiger partial charge in [0.15, 0.2) is 0 Å². The van der Waals surface area contributed by atoms with Crippen LogP contribution in [0.15, 0.2) is 24.3 Å². The van der Waals surface area contributed by atoms with Crippen molar-refractivity contribution in [3.05, 3.63) is 34.4 Å². The van der Waals surface area contributed by atoms with Crippen molar-refractivity contribution in [2.45, 2.75) is 13.0 Å². The van der Waals surface area contributed by atoms with Crippen LogP contribution in [0.1, 0.15) is 6.92 Å². The summed E-state index contributed by atoms with van der Waals surface area (Å²) in [6.07, 6.45) is 0. The Bertz CT molecular complexity index is 484. The Labute approximate surface area is 108 Å². The number of rotatable bonds is 5. The van der Waals surface area contributed by atoms with Crippen LogP contribution in [0, 0.1) is 10.1 Å². The molecule has 0 bridgehead atoms. The summed E-state index contributed by atoms with van der Waals surface area (Å²) in [5.74, 6) is -1.01. The molecule has 8 heteroatoms. The highest BCUT2D eigenvalue weighted by molar-refractivity contribution is 5.85. The van der Waals surface area contributed by atoms with Gasteiger partial charge in [-0.25, -0.2) is 4.79 Å². The normalized spacial score (nSPS) is 11.5. The van der Waals surface area contributed by atoms with Gasteiger partial charge in [0.05, 0.1) is 11.0 Å². The van der Waals surface area contributed by atoms with E-state index in [1.165, 1.54) is 31.2 Å². The maximum atomic E-state index is 11.3. The van der Waals surface area contributed by atoms with Crippen molar-refractivity contribution < 1.29 is 19.2 Å². The van der Waals surface area contributed by atoms with Crippen molar-refractivity contribution in [3.63, 3.8) is 0 Å². The number of nitro groups is 1. The number of hydrogen-bond donors (Lipinski definition) is 2. The molecule has 0 saturated heterocycles. The zero-order valence-corrected chi connectivity index (χ0v) is 10.2. The molecule has 0 heterocycles. The van der Waals surface area contributed by atoms with Gasteiger partial charge in [-0.3, -0.25) is 14.9 Å². The number of nitrogens with two attached hydrogens (primary N) is 1. The zero-order chi connectivity index (χ0) is 14.4. The lowest BCUT2D eigenvalue weighted by Gasteiger charge is -2.07. The van der Waals surface area contributed by atoms with Crippen LogP contribution < -0.4 is 15.8 Å². The van der Waals surface area contributed by atoms with Gasteiger partial charge in [-0.15, -0.1) is 0 Å². The summed E-state index contributed by atoms with van der Waals surface area (Å²) >= 11 is 0. The van der Waals surface area contributed by atoms with E-state index in [2.05, 4.69) is 5.32 Å². The molecule has 1 unspecified atom stereocenters. The van der Waals surface area contributed by atoms with E-state index in [4.69, 9.17) is 10.5 Å². The highest BCUT2D eigenvalue weighted by atomic mass is 16.6. The maximum Gasteiger partial charge on any atom is 0.330 e. The molecule has 0 fully saturated rings. The van der Waals surface area contributed by atoms with Crippen LogP contribution in [0.5, 0.6) is 5.75 Å². The Morgan fingerprint density at radius 2 is 2.00 bits per heavy atom. The molecule has 1 amide bonds. The summed E-state index contributed by atoms with van der Waals surface area (Å²) in [6.45, 7) is 1.16. The average molecular weight is 267 g/mol. The van der Waals surface area contributed by atoms with Crippen molar-refractivity contribution in [1.82, 2.24) is 5.32 Å². The minimum Gasteiger partial charge on any atom is -0.425 e. The number of carbonyl (C=O) groups is 2. The number of nitrogens with one attached hydrogen (secondary N) is 1. The number of carbonyl (C=O) groups excluding carboxylic acids is 2. The van der Waals surface area contributed by atoms with E-state index < -0.39 is 22.8 Å². The fourth-order valence-corrected chi connectivity index (χ4v) is 1.12. The molecule has 1 atom stereocenters. The first-order valence-corrected chi connectivity index (χ1v) is 5.38. The van der Waals surface area contributed by atoms with E-state index >= 15 is 0 Å². The molecule has 102 valence electrons. The van der Waals surface area contributed by atoms with Gasteiger partial charge in [0.25, 0.3) is 5.69 Å². The van der Waals surface area contributed by atoms with Gasteiger partial charge in [0.2, 0.25) is 5.91 Å². The van der Waals surface area contributed by atoms with Crippen LogP contribution in [0.4, 0.5) is 5.69 Å². The van der Waals surface area contributed by atoms with Crippen molar-refractivity contribution in [3.8, 4) is 5.75 Å². The summed E-state index contributed by atoms with van der Waals surface area (Å²) in [7, 11) is 0. The lowest BCUT2D eigenvalue weighted by molar-refractivity contribution is -0.384. The largest absolute Gasteiger partial charge is 0.425 e. The summed E-state index contributed by atoms with van der Waals surface area (Å²) in [4.78, 5) is 32.3. The molecule has 0 spiro atoms. The molecular formula is C11H13N3O5. The molecule has 0 aliphatic rings. The third kappa shape index (κ3) is 4.72. The van der Waals surface area contributed by atoms with Crippen LogP contribution in [-0.2, 0) is 9.59 Å². The van der Waals surface area contributed by atoms with E-state index in [9.17, 15) is 19.7 Å².